The smallest absolute Gasteiger partial charge is 0.306 e. The van der Waals surface area contributed by atoms with E-state index in [0.29, 0.717) is 19.1 Å². The maximum atomic E-state index is 12.9. The zero-order chi connectivity index (χ0) is 21.4. The SMILES string of the molecule is CCOC(=O)CCC(=O)N(Cc1cccn1Cc1cccc(C)c1)[C@@H](C)C(C)C. The Morgan fingerprint density at radius 2 is 1.86 bits per heavy atom. The van der Waals surface area contributed by atoms with Gasteiger partial charge >= 0.3 is 5.97 Å². The van der Waals surface area contributed by atoms with E-state index in [2.05, 4.69) is 68.8 Å². The van der Waals surface area contributed by atoms with Crippen LogP contribution in [0.25, 0.3) is 0 Å². The molecule has 0 fully saturated rings. The van der Waals surface area contributed by atoms with Gasteiger partial charge < -0.3 is 14.2 Å². The maximum Gasteiger partial charge on any atom is 0.306 e. The van der Waals surface area contributed by atoms with Crippen molar-refractivity contribution < 1.29 is 14.3 Å². The molecule has 1 aromatic heterocycles. The van der Waals surface area contributed by atoms with Gasteiger partial charge in [0.15, 0.2) is 0 Å². The summed E-state index contributed by atoms with van der Waals surface area (Å²) in [5, 5.41) is 0. The van der Waals surface area contributed by atoms with Gasteiger partial charge in [-0.2, -0.15) is 0 Å². The molecule has 0 aliphatic rings. The fraction of sp³-hybridized carbons (Fsp3) is 0.500. The Morgan fingerprint density at radius 3 is 2.52 bits per heavy atom. The largest absolute Gasteiger partial charge is 0.466 e. The van der Waals surface area contributed by atoms with Crippen molar-refractivity contribution in [2.24, 2.45) is 5.92 Å². The summed E-state index contributed by atoms with van der Waals surface area (Å²) >= 11 is 0. The van der Waals surface area contributed by atoms with Crippen molar-refractivity contribution in [2.45, 2.75) is 66.6 Å². The normalized spacial score (nSPS) is 12.1. The highest BCUT2D eigenvalue weighted by molar-refractivity contribution is 5.81. The lowest BCUT2D eigenvalue weighted by atomic mass is 10.0. The number of carbonyl (C=O) groups excluding carboxylic acids is 2. The molecule has 0 bridgehead atoms. The predicted octanol–water partition coefficient (Wildman–Crippen LogP) is 4.56. The van der Waals surface area contributed by atoms with Gasteiger partial charge in [-0.25, -0.2) is 0 Å². The summed E-state index contributed by atoms with van der Waals surface area (Å²) in [7, 11) is 0. The van der Waals surface area contributed by atoms with Crippen molar-refractivity contribution in [3.8, 4) is 0 Å². The number of benzene rings is 1. The third kappa shape index (κ3) is 6.77. The fourth-order valence-corrected chi connectivity index (χ4v) is 3.33. The first-order valence-electron chi connectivity index (χ1n) is 10.5. The van der Waals surface area contributed by atoms with Crippen molar-refractivity contribution in [1.29, 1.82) is 0 Å². The summed E-state index contributed by atoms with van der Waals surface area (Å²) in [6, 6.07) is 12.6. The van der Waals surface area contributed by atoms with Gasteiger partial charge in [0.1, 0.15) is 0 Å². The van der Waals surface area contributed by atoms with Gasteiger partial charge in [0.2, 0.25) is 5.91 Å². The van der Waals surface area contributed by atoms with Crippen LogP contribution in [0.15, 0.2) is 42.6 Å². The van der Waals surface area contributed by atoms with Crippen molar-refractivity contribution in [3.63, 3.8) is 0 Å². The summed E-state index contributed by atoms with van der Waals surface area (Å²) in [4.78, 5) is 26.5. The Kier molecular flexibility index (Phi) is 8.50. The number of aromatic nitrogens is 1. The molecule has 1 amide bonds. The van der Waals surface area contributed by atoms with Crippen LogP contribution in [-0.2, 0) is 27.4 Å². The zero-order valence-corrected chi connectivity index (χ0v) is 18.4. The molecule has 0 aliphatic heterocycles. The van der Waals surface area contributed by atoms with Gasteiger partial charge in [0, 0.05) is 30.9 Å². The summed E-state index contributed by atoms with van der Waals surface area (Å²) in [5.74, 6) is -0.00916. The lowest BCUT2D eigenvalue weighted by molar-refractivity contribution is -0.146. The molecule has 2 rings (SSSR count). The van der Waals surface area contributed by atoms with Crippen LogP contribution in [0.1, 0.15) is 57.4 Å². The molecule has 0 spiro atoms. The Morgan fingerprint density at radius 1 is 1.10 bits per heavy atom. The number of aryl methyl sites for hydroxylation is 1. The van der Waals surface area contributed by atoms with Crippen molar-refractivity contribution >= 4 is 11.9 Å². The highest BCUT2D eigenvalue weighted by Gasteiger charge is 2.24. The van der Waals surface area contributed by atoms with E-state index in [4.69, 9.17) is 4.74 Å². The Balaban J connectivity index is 2.14. The highest BCUT2D eigenvalue weighted by atomic mass is 16.5. The zero-order valence-electron chi connectivity index (χ0n) is 18.4. The second-order valence-corrected chi connectivity index (χ2v) is 7.93. The van der Waals surface area contributed by atoms with Gasteiger partial charge in [0.25, 0.3) is 0 Å². The molecule has 0 radical (unpaired) electrons. The molecule has 0 saturated carbocycles. The minimum absolute atomic E-state index is 0.0115. The van der Waals surface area contributed by atoms with Crippen LogP contribution in [-0.4, -0.2) is 34.0 Å². The van der Waals surface area contributed by atoms with E-state index in [1.165, 1.54) is 11.1 Å². The van der Waals surface area contributed by atoms with E-state index in [-0.39, 0.29) is 30.8 Å². The molecular formula is C24H34N2O3. The van der Waals surface area contributed by atoms with E-state index in [9.17, 15) is 9.59 Å². The first-order valence-corrected chi connectivity index (χ1v) is 10.5. The second kappa shape index (κ2) is 10.8. The number of hydrogen-bond acceptors (Lipinski definition) is 3. The lowest BCUT2D eigenvalue weighted by Gasteiger charge is -2.32. The summed E-state index contributed by atoms with van der Waals surface area (Å²) < 4.78 is 7.16. The Bertz CT molecular complexity index is 810. The fourth-order valence-electron chi connectivity index (χ4n) is 3.33. The quantitative estimate of drug-likeness (QED) is 0.551. The number of ether oxygens (including phenoxy) is 1. The average molecular weight is 399 g/mol. The van der Waals surface area contributed by atoms with Gasteiger partial charge in [-0.1, -0.05) is 43.7 Å². The minimum atomic E-state index is -0.319. The van der Waals surface area contributed by atoms with Crippen LogP contribution >= 0.6 is 0 Å². The number of hydrogen-bond donors (Lipinski definition) is 0. The Hall–Kier alpha value is -2.56. The second-order valence-electron chi connectivity index (χ2n) is 7.93. The standard InChI is InChI=1S/C24H34N2O3/c1-6-29-24(28)13-12-23(27)26(20(5)18(2)3)17-22-11-8-14-25(22)16-21-10-7-9-19(4)15-21/h7-11,14-15,18,20H,6,12-13,16-17H2,1-5H3/t20-/m0/s1. The van der Waals surface area contributed by atoms with Crippen LogP contribution in [0.4, 0.5) is 0 Å². The van der Waals surface area contributed by atoms with Gasteiger partial charge in [-0.3, -0.25) is 9.59 Å². The first-order chi connectivity index (χ1) is 13.8. The first kappa shape index (κ1) is 22.7. The molecule has 5 heteroatoms. The number of esters is 1. The lowest BCUT2D eigenvalue weighted by Crippen LogP contribution is -2.41. The molecule has 0 saturated heterocycles. The molecule has 158 valence electrons. The van der Waals surface area contributed by atoms with Gasteiger partial charge in [0.05, 0.1) is 19.6 Å². The van der Waals surface area contributed by atoms with Crippen molar-refractivity contribution in [2.75, 3.05) is 6.61 Å². The van der Waals surface area contributed by atoms with Crippen molar-refractivity contribution in [3.05, 3.63) is 59.4 Å². The summed E-state index contributed by atoms with van der Waals surface area (Å²) in [6.07, 6.45) is 2.35. The molecule has 0 N–H and O–H groups in total. The van der Waals surface area contributed by atoms with E-state index in [1.807, 2.05) is 11.0 Å². The van der Waals surface area contributed by atoms with Crippen molar-refractivity contribution in [1.82, 2.24) is 9.47 Å². The molecule has 0 aliphatic carbocycles. The molecule has 1 aromatic carbocycles. The van der Waals surface area contributed by atoms with Crippen LogP contribution in [0.5, 0.6) is 0 Å². The topological polar surface area (TPSA) is 51.5 Å². The highest BCUT2D eigenvalue weighted by Crippen LogP contribution is 2.18. The van der Waals surface area contributed by atoms with Gasteiger partial charge in [-0.15, -0.1) is 0 Å². The number of rotatable bonds is 10. The molecule has 0 unspecified atom stereocenters. The molecule has 29 heavy (non-hydrogen) atoms. The Labute approximate surface area is 174 Å². The summed E-state index contributed by atoms with van der Waals surface area (Å²) in [5.41, 5.74) is 3.56. The van der Waals surface area contributed by atoms with E-state index >= 15 is 0 Å². The average Bonchev–Trinajstić information content (AvgIpc) is 3.10. The molecular weight excluding hydrogens is 364 g/mol. The van der Waals surface area contributed by atoms with E-state index in [1.54, 1.807) is 6.92 Å². The number of amides is 1. The third-order valence-electron chi connectivity index (χ3n) is 5.32. The monoisotopic (exact) mass is 398 g/mol. The molecule has 1 atom stereocenters. The molecule has 2 aromatic rings. The third-order valence-corrected chi connectivity index (χ3v) is 5.32. The van der Waals surface area contributed by atoms with Crippen LogP contribution in [0, 0.1) is 12.8 Å². The molecule has 5 nitrogen and oxygen atoms in total. The number of carbonyl (C=O) groups is 2. The minimum Gasteiger partial charge on any atom is -0.466 e. The van der Waals surface area contributed by atoms with Crippen LogP contribution < -0.4 is 0 Å². The van der Waals surface area contributed by atoms with Crippen LogP contribution in [0.3, 0.4) is 0 Å². The summed E-state index contributed by atoms with van der Waals surface area (Å²) in [6.45, 7) is 11.8. The predicted molar refractivity (Wildman–Crippen MR) is 115 cm³/mol. The maximum absolute atomic E-state index is 12.9. The van der Waals surface area contributed by atoms with Crippen LogP contribution in [0.2, 0.25) is 0 Å². The van der Waals surface area contributed by atoms with E-state index in [0.717, 1.165) is 12.2 Å². The van der Waals surface area contributed by atoms with Gasteiger partial charge in [-0.05, 0) is 44.4 Å². The number of nitrogens with zero attached hydrogens (tertiary/aromatic N) is 2. The van der Waals surface area contributed by atoms with E-state index < -0.39 is 0 Å². The molecule has 1 heterocycles.